The van der Waals surface area contributed by atoms with Gasteiger partial charge < -0.3 is 25.0 Å². The summed E-state index contributed by atoms with van der Waals surface area (Å²) in [6.07, 6.45) is 3.71. The van der Waals surface area contributed by atoms with Crippen molar-refractivity contribution in [3.63, 3.8) is 0 Å². The second-order valence-corrected chi connectivity index (χ2v) is 11.6. The highest BCUT2D eigenvalue weighted by Crippen LogP contribution is 2.30. The lowest BCUT2D eigenvalue weighted by Crippen LogP contribution is -2.54. The lowest BCUT2D eigenvalue weighted by atomic mass is 9.87. The zero-order valence-corrected chi connectivity index (χ0v) is 23.2. The summed E-state index contributed by atoms with van der Waals surface area (Å²) in [7, 11) is 0. The first-order valence-electron chi connectivity index (χ1n) is 13.8. The third-order valence-corrected chi connectivity index (χ3v) is 7.83. The van der Waals surface area contributed by atoms with Crippen molar-refractivity contribution in [1.29, 1.82) is 0 Å². The molecule has 0 radical (unpaired) electrons. The minimum atomic E-state index is -1.04. The molecule has 1 saturated heterocycles. The van der Waals surface area contributed by atoms with E-state index in [2.05, 4.69) is 43.2 Å². The number of nitrogens with zero attached hydrogens (tertiary/aromatic N) is 2. The van der Waals surface area contributed by atoms with E-state index < -0.39 is 30.2 Å². The zero-order valence-electron chi connectivity index (χ0n) is 23.2. The number of amides is 4. The molecule has 3 atom stereocenters. The fourth-order valence-electron chi connectivity index (χ4n) is 5.56. The average molecular weight is 541 g/mol. The Kier molecular flexibility index (Phi) is 8.82. The number of ether oxygens (including phenoxy) is 2. The highest BCUT2D eigenvalue weighted by Gasteiger charge is 2.39. The van der Waals surface area contributed by atoms with Gasteiger partial charge in [0.05, 0.1) is 13.2 Å². The minimum absolute atomic E-state index is 0.121. The normalized spacial score (nSPS) is 25.8. The van der Waals surface area contributed by atoms with Crippen LogP contribution in [0.3, 0.4) is 0 Å². The fourth-order valence-corrected chi connectivity index (χ4v) is 5.56. The lowest BCUT2D eigenvalue weighted by molar-refractivity contribution is -0.134. The number of carbonyl (C=O) groups is 4. The second kappa shape index (κ2) is 12.1. The van der Waals surface area contributed by atoms with Crippen LogP contribution in [0.1, 0.15) is 63.1 Å². The molecule has 4 amide bonds. The van der Waals surface area contributed by atoms with Gasteiger partial charge in [0.15, 0.2) is 0 Å². The van der Waals surface area contributed by atoms with E-state index in [-0.39, 0.29) is 37.1 Å². The molecule has 1 aromatic carbocycles. The molecule has 0 spiro atoms. The molecule has 0 saturated carbocycles. The maximum atomic E-state index is 13.5. The van der Waals surface area contributed by atoms with Crippen LogP contribution in [-0.4, -0.2) is 71.7 Å². The van der Waals surface area contributed by atoms with Crippen LogP contribution in [0, 0.1) is 5.41 Å². The number of aryl methyl sites for hydroxylation is 1. The molecule has 1 fully saturated rings. The van der Waals surface area contributed by atoms with Gasteiger partial charge in [-0.25, -0.2) is 9.59 Å². The molecule has 10 heteroatoms. The summed E-state index contributed by atoms with van der Waals surface area (Å²) in [5.41, 5.74) is 3.36. The van der Waals surface area contributed by atoms with Crippen molar-refractivity contribution in [3.05, 3.63) is 47.5 Å². The molecule has 10 nitrogen and oxygen atoms in total. The largest absolute Gasteiger partial charge is 0.449 e. The van der Waals surface area contributed by atoms with Crippen LogP contribution in [0.4, 0.5) is 9.59 Å². The standard InChI is InChI=1S/C29H40N4O6/c1-5-25(34)30-14-24-26(35)33-16-22(13-19(33)2)39-28(37)32-15-21-11-8-10-20(23(21)17-32)9-6-7-12-29(3,4)18-38-27(36)31-24/h5,8,10-11,19,22,24H,1,6-7,9,12-18H2,2-4H3,(H,30,34)(H,31,36)/t19?,22-,24+/m1/s1. The predicted octanol–water partition coefficient (Wildman–Crippen LogP) is 3.28. The van der Waals surface area contributed by atoms with Gasteiger partial charge in [-0.1, -0.05) is 45.0 Å². The van der Waals surface area contributed by atoms with Crippen LogP contribution in [0.15, 0.2) is 30.9 Å². The Hall–Kier alpha value is -3.56. The van der Waals surface area contributed by atoms with E-state index in [0.717, 1.165) is 37.3 Å². The molecule has 3 aliphatic rings. The quantitative estimate of drug-likeness (QED) is 0.569. The van der Waals surface area contributed by atoms with Crippen LogP contribution in [0.25, 0.3) is 0 Å². The Balaban J connectivity index is 1.54. The van der Waals surface area contributed by atoms with Crippen molar-refractivity contribution in [2.45, 2.75) is 84.2 Å². The van der Waals surface area contributed by atoms with Gasteiger partial charge in [-0.2, -0.15) is 0 Å². The maximum absolute atomic E-state index is 13.5. The smallest absolute Gasteiger partial charge is 0.410 e. The predicted molar refractivity (Wildman–Crippen MR) is 145 cm³/mol. The van der Waals surface area contributed by atoms with E-state index >= 15 is 0 Å². The van der Waals surface area contributed by atoms with Gasteiger partial charge in [0.25, 0.3) is 0 Å². The fraction of sp³-hybridized carbons (Fsp3) is 0.586. The minimum Gasteiger partial charge on any atom is -0.449 e. The number of hydrogen-bond donors (Lipinski definition) is 2. The number of alkyl carbamates (subject to hydrolysis) is 1. The zero-order chi connectivity index (χ0) is 28.2. The topological polar surface area (TPSA) is 117 Å². The van der Waals surface area contributed by atoms with Crippen molar-refractivity contribution in [2.24, 2.45) is 5.41 Å². The summed E-state index contributed by atoms with van der Waals surface area (Å²) in [5, 5.41) is 5.21. The van der Waals surface area contributed by atoms with Gasteiger partial charge in [0.2, 0.25) is 11.8 Å². The van der Waals surface area contributed by atoms with Crippen molar-refractivity contribution in [2.75, 3.05) is 19.7 Å². The monoisotopic (exact) mass is 540 g/mol. The molecule has 0 aliphatic carbocycles. The van der Waals surface area contributed by atoms with Crippen molar-refractivity contribution < 1.29 is 28.7 Å². The maximum Gasteiger partial charge on any atom is 0.410 e. The van der Waals surface area contributed by atoms with Crippen molar-refractivity contribution >= 4 is 24.0 Å². The Morgan fingerprint density at radius 1 is 1.21 bits per heavy atom. The van der Waals surface area contributed by atoms with E-state index in [4.69, 9.17) is 9.47 Å². The first-order valence-corrected chi connectivity index (χ1v) is 13.8. The van der Waals surface area contributed by atoms with E-state index in [9.17, 15) is 19.2 Å². The van der Waals surface area contributed by atoms with E-state index in [1.807, 2.05) is 13.0 Å². The highest BCUT2D eigenvalue weighted by molar-refractivity contribution is 5.89. The highest BCUT2D eigenvalue weighted by atomic mass is 16.6. The molecule has 3 heterocycles. The van der Waals surface area contributed by atoms with Gasteiger partial charge in [0.1, 0.15) is 12.1 Å². The molecule has 1 aromatic rings. The molecule has 4 bridgehead atoms. The molecule has 3 aliphatic heterocycles. The van der Waals surface area contributed by atoms with E-state index in [1.165, 1.54) is 11.1 Å². The van der Waals surface area contributed by atoms with Gasteiger partial charge in [-0.3, -0.25) is 14.5 Å². The SMILES string of the molecule is C=CC(=O)NC[C@@H]1NC(=O)OCC(C)(C)CCCCc2cccc3c2CN(C3)C(=O)O[C@@H]2CC(C)N(C2)C1=O. The number of carbonyl (C=O) groups excluding carboxylic acids is 4. The number of hydrogen-bond acceptors (Lipinski definition) is 6. The average Bonchev–Trinajstić information content (AvgIpc) is 3.50. The van der Waals surface area contributed by atoms with Gasteiger partial charge in [-0.05, 0) is 54.4 Å². The molecule has 39 heavy (non-hydrogen) atoms. The summed E-state index contributed by atoms with van der Waals surface area (Å²) >= 11 is 0. The van der Waals surface area contributed by atoms with Crippen LogP contribution < -0.4 is 10.6 Å². The van der Waals surface area contributed by atoms with Crippen LogP contribution >= 0.6 is 0 Å². The molecule has 2 N–H and O–H groups in total. The third kappa shape index (κ3) is 7.10. The molecular formula is C29H40N4O6. The van der Waals surface area contributed by atoms with Gasteiger partial charge >= 0.3 is 12.2 Å². The first-order chi connectivity index (χ1) is 18.6. The number of nitrogens with one attached hydrogen (secondary N) is 2. The Morgan fingerprint density at radius 3 is 2.74 bits per heavy atom. The van der Waals surface area contributed by atoms with Gasteiger partial charge in [0, 0.05) is 32.1 Å². The van der Waals surface area contributed by atoms with E-state index in [1.54, 1.807) is 9.80 Å². The Labute approximate surface area is 230 Å². The first kappa shape index (κ1) is 28.4. The van der Waals surface area contributed by atoms with Crippen LogP contribution in [0.5, 0.6) is 0 Å². The molecular weight excluding hydrogens is 500 g/mol. The lowest BCUT2D eigenvalue weighted by Gasteiger charge is -2.28. The third-order valence-electron chi connectivity index (χ3n) is 7.83. The molecule has 4 rings (SSSR count). The number of benzene rings is 1. The molecule has 1 unspecified atom stereocenters. The van der Waals surface area contributed by atoms with Crippen LogP contribution in [-0.2, 0) is 38.6 Å². The Bertz CT molecular complexity index is 1120. The summed E-state index contributed by atoms with van der Waals surface area (Å²) < 4.78 is 11.4. The van der Waals surface area contributed by atoms with Crippen molar-refractivity contribution in [3.8, 4) is 0 Å². The molecule has 212 valence electrons. The molecule has 0 aromatic heterocycles. The van der Waals surface area contributed by atoms with Gasteiger partial charge in [-0.15, -0.1) is 0 Å². The summed E-state index contributed by atoms with van der Waals surface area (Å²) in [6, 6.07) is 4.98. The second-order valence-electron chi connectivity index (χ2n) is 11.6. The number of fused-ring (bicyclic) bond motifs is 3. The van der Waals surface area contributed by atoms with E-state index in [0.29, 0.717) is 19.5 Å². The summed E-state index contributed by atoms with van der Waals surface area (Å²) in [4.78, 5) is 54.4. The summed E-state index contributed by atoms with van der Waals surface area (Å²) in [6.45, 7) is 10.7. The number of rotatable bonds is 3. The Morgan fingerprint density at radius 2 is 1.97 bits per heavy atom. The van der Waals surface area contributed by atoms with Crippen molar-refractivity contribution in [1.82, 2.24) is 20.4 Å². The number of cyclic esters (lactones) is 1. The van der Waals surface area contributed by atoms with Crippen LogP contribution in [0.2, 0.25) is 0 Å². The summed E-state index contributed by atoms with van der Waals surface area (Å²) in [5.74, 6) is -0.837.